The Hall–Kier alpha value is -1.16. The Morgan fingerprint density at radius 1 is 1.25 bits per heavy atom. The summed E-state index contributed by atoms with van der Waals surface area (Å²) in [6, 6.07) is 1.58. The van der Waals surface area contributed by atoms with E-state index >= 15 is 0 Å². The van der Waals surface area contributed by atoms with Crippen LogP contribution < -0.4 is 5.32 Å². The highest BCUT2D eigenvalue weighted by Gasteiger charge is 2.19. The lowest BCUT2D eigenvalue weighted by molar-refractivity contribution is 0.0915. The van der Waals surface area contributed by atoms with Gasteiger partial charge in [-0.2, -0.15) is 0 Å². The predicted octanol–water partition coefficient (Wildman–Crippen LogP) is 3.15. The molecule has 0 saturated heterocycles. The van der Waals surface area contributed by atoms with E-state index in [9.17, 15) is 13.6 Å². The van der Waals surface area contributed by atoms with Gasteiger partial charge in [0.15, 0.2) is 0 Å². The maximum Gasteiger partial charge on any atom is 0.254 e. The van der Waals surface area contributed by atoms with Crippen LogP contribution in [-0.4, -0.2) is 11.4 Å². The van der Waals surface area contributed by atoms with Crippen LogP contribution in [0.15, 0.2) is 12.1 Å². The highest BCUT2D eigenvalue weighted by molar-refractivity contribution is 6.30. The number of hydrogen-bond acceptors (Lipinski definition) is 1. The van der Waals surface area contributed by atoms with Crippen molar-refractivity contribution in [2.24, 2.45) is 0 Å². The lowest BCUT2D eigenvalue weighted by Gasteiger charge is -2.20. The third-order valence-corrected chi connectivity index (χ3v) is 2.03. The summed E-state index contributed by atoms with van der Waals surface area (Å²) in [5.74, 6) is -2.32. The zero-order valence-electron chi connectivity index (χ0n) is 9.20. The third-order valence-electron chi connectivity index (χ3n) is 1.74. The average molecular weight is 248 g/mol. The van der Waals surface area contributed by atoms with Gasteiger partial charge < -0.3 is 5.32 Å². The van der Waals surface area contributed by atoms with Crippen LogP contribution in [0.1, 0.15) is 31.1 Å². The molecule has 0 fully saturated rings. The molecule has 0 aromatic heterocycles. The molecule has 1 aromatic carbocycles. The van der Waals surface area contributed by atoms with Gasteiger partial charge in [-0.1, -0.05) is 11.6 Å². The molecule has 1 amide bonds. The molecule has 16 heavy (non-hydrogen) atoms. The number of carbonyl (C=O) groups is 1. The smallest absolute Gasteiger partial charge is 0.254 e. The van der Waals surface area contributed by atoms with E-state index in [0.717, 1.165) is 12.1 Å². The van der Waals surface area contributed by atoms with Crippen LogP contribution in [0.4, 0.5) is 8.78 Å². The molecule has 0 heterocycles. The van der Waals surface area contributed by atoms with Crippen LogP contribution in [0, 0.1) is 11.6 Å². The molecular weight excluding hydrogens is 236 g/mol. The molecule has 0 aliphatic carbocycles. The van der Waals surface area contributed by atoms with E-state index in [-0.39, 0.29) is 10.6 Å². The zero-order chi connectivity index (χ0) is 12.5. The molecule has 2 nitrogen and oxygen atoms in total. The summed E-state index contributed by atoms with van der Waals surface area (Å²) in [5, 5.41) is 2.19. The fourth-order valence-corrected chi connectivity index (χ4v) is 1.25. The standard InChI is InChI=1S/C11H12ClF2NO/c1-11(2,3)15-10(16)6-4-9(14)7(12)5-8(6)13/h4-5H,1-3H3,(H,15,16). The first kappa shape index (κ1) is 12.9. The topological polar surface area (TPSA) is 29.1 Å². The van der Waals surface area contributed by atoms with Gasteiger partial charge in [0.25, 0.3) is 5.91 Å². The van der Waals surface area contributed by atoms with Gasteiger partial charge in [-0.05, 0) is 32.9 Å². The van der Waals surface area contributed by atoms with E-state index < -0.39 is 23.1 Å². The largest absolute Gasteiger partial charge is 0.347 e. The Kier molecular flexibility index (Phi) is 3.53. The molecule has 1 rings (SSSR count). The van der Waals surface area contributed by atoms with Crippen LogP contribution in [0.5, 0.6) is 0 Å². The first-order chi connectivity index (χ1) is 7.20. The maximum atomic E-state index is 13.3. The van der Waals surface area contributed by atoms with Gasteiger partial charge in [-0.15, -0.1) is 0 Å². The number of hydrogen-bond donors (Lipinski definition) is 1. The van der Waals surface area contributed by atoms with Crippen molar-refractivity contribution in [3.63, 3.8) is 0 Å². The predicted molar refractivity (Wildman–Crippen MR) is 58.6 cm³/mol. The monoisotopic (exact) mass is 247 g/mol. The molecule has 0 spiro atoms. The first-order valence-corrected chi connectivity index (χ1v) is 5.05. The summed E-state index contributed by atoms with van der Waals surface area (Å²) in [4.78, 5) is 11.6. The molecule has 1 aromatic rings. The van der Waals surface area contributed by atoms with E-state index in [1.54, 1.807) is 20.8 Å². The molecule has 0 aliphatic rings. The molecule has 88 valence electrons. The Labute approximate surface area is 97.6 Å². The zero-order valence-corrected chi connectivity index (χ0v) is 9.95. The van der Waals surface area contributed by atoms with Gasteiger partial charge in [0.2, 0.25) is 0 Å². The lowest BCUT2D eigenvalue weighted by Crippen LogP contribution is -2.41. The SMILES string of the molecule is CC(C)(C)NC(=O)c1cc(F)c(Cl)cc1F. The van der Waals surface area contributed by atoms with Crippen molar-refractivity contribution in [1.29, 1.82) is 0 Å². The van der Waals surface area contributed by atoms with Gasteiger partial charge in [-0.25, -0.2) is 8.78 Å². The van der Waals surface area contributed by atoms with Crippen LogP contribution in [0.2, 0.25) is 5.02 Å². The van der Waals surface area contributed by atoms with Gasteiger partial charge >= 0.3 is 0 Å². The van der Waals surface area contributed by atoms with Crippen molar-refractivity contribution in [2.75, 3.05) is 0 Å². The number of benzene rings is 1. The maximum absolute atomic E-state index is 13.3. The molecule has 5 heteroatoms. The minimum Gasteiger partial charge on any atom is -0.347 e. The second-order valence-corrected chi connectivity index (χ2v) is 4.86. The quantitative estimate of drug-likeness (QED) is 0.759. The van der Waals surface area contributed by atoms with Crippen molar-refractivity contribution >= 4 is 17.5 Å². The lowest BCUT2D eigenvalue weighted by atomic mass is 10.1. The summed E-state index contributed by atoms with van der Waals surface area (Å²) in [6.45, 7) is 5.24. The normalized spacial score (nSPS) is 11.4. The van der Waals surface area contributed by atoms with Crippen LogP contribution in [-0.2, 0) is 0 Å². The van der Waals surface area contributed by atoms with Crippen molar-refractivity contribution in [3.8, 4) is 0 Å². The Morgan fingerprint density at radius 2 is 1.81 bits per heavy atom. The molecule has 0 unspecified atom stereocenters. The van der Waals surface area contributed by atoms with E-state index in [2.05, 4.69) is 5.32 Å². The van der Waals surface area contributed by atoms with Crippen LogP contribution in [0.3, 0.4) is 0 Å². The second kappa shape index (κ2) is 4.37. The first-order valence-electron chi connectivity index (χ1n) is 4.68. The highest BCUT2D eigenvalue weighted by Crippen LogP contribution is 2.19. The van der Waals surface area contributed by atoms with Crippen molar-refractivity contribution in [3.05, 3.63) is 34.4 Å². The second-order valence-electron chi connectivity index (χ2n) is 4.45. The van der Waals surface area contributed by atoms with E-state index in [1.165, 1.54) is 0 Å². The van der Waals surface area contributed by atoms with Crippen LogP contribution >= 0.6 is 11.6 Å². The molecule has 0 bridgehead atoms. The van der Waals surface area contributed by atoms with E-state index in [1.807, 2.05) is 0 Å². The van der Waals surface area contributed by atoms with Gasteiger partial charge in [0, 0.05) is 5.54 Å². The minimum atomic E-state index is -0.840. The fraction of sp³-hybridized carbons (Fsp3) is 0.364. The Morgan fingerprint density at radius 3 is 2.31 bits per heavy atom. The van der Waals surface area contributed by atoms with Crippen molar-refractivity contribution in [1.82, 2.24) is 5.32 Å². The molecule has 0 aliphatic heterocycles. The molecular formula is C11H12ClF2NO. The summed E-state index contributed by atoms with van der Waals surface area (Å²) in [7, 11) is 0. The molecule has 0 radical (unpaired) electrons. The molecule has 0 atom stereocenters. The van der Waals surface area contributed by atoms with Crippen LogP contribution in [0.25, 0.3) is 0 Å². The van der Waals surface area contributed by atoms with Crippen molar-refractivity contribution < 1.29 is 13.6 Å². The van der Waals surface area contributed by atoms with Gasteiger partial charge in [-0.3, -0.25) is 4.79 Å². The number of rotatable bonds is 1. The Bertz CT molecular complexity index is 427. The van der Waals surface area contributed by atoms with Crippen molar-refractivity contribution in [2.45, 2.75) is 26.3 Å². The van der Waals surface area contributed by atoms with Gasteiger partial charge in [0.1, 0.15) is 11.6 Å². The minimum absolute atomic E-state index is 0.343. The fourth-order valence-electron chi connectivity index (χ4n) is 1.10. The summed E-state index contributed by atoms with van der Waals surface area (Å²) in [5.41, 5.74) is -0.864. The highest BCUT2D eigenvalue weighted by atomic mass is 35.5. The van der Waals surface area contributed by atoms with E-state index in [0.29, 0.717) is 0 Å². The number of carbonyl (C=O) groups excluding carboxylic acids is 1. The number of amides is 1. The van der Waals surface area contributed by atoms with Gasteiger partial charge in [0.05, 0.1) is 10.6 Å². The summed E-state index contributed by atoms with van der Waals surface area (Å²) in [6.07, 6.45) is 0. The number of nitrogens with one attached hydrogen (secondary N) is 1. The third kappa shape index (κ3) is 3.17. The Balaban J connectivity index is 3.05. The molecule has 1 N–H and O–H groups in total. The van der Waals surface area contributed by atoms with E-state index in [4.69, 9.17) is 11.6 Å². The molecule has 0 saturated carbocycles. The average Bonchev–Trinajstić information content (AvgIpc) is 2.08. The summed E-state index contributed by atoms with van der Waals surface area (Å²) >= 11 is 5.38. The summed E-state index contributed by atoms with van der Waals surface area (Å²) < 4.78 is 26.4. The number of halogens is 3.